The van der Waals surface area contributed by atoms with Crippen LogP contribution in [0.25, 0.3) is 77.2 Å². The van der Waals surface area contributed by atoms with Crippen molar-refractivity contribution in [3.8, 4) is 33.6 Å². The van der Waals surface area contributed by atoms with Crippen LogP contribution in [-0.2, 0) is 16.2 Å². The van der Waals surface area contributed by atoms with Gasteiger partial charge in [-0.2, -0.15) is 0 Å². The lowest BCUT2D eigenvalue weighted by Crippen LogP contribution is -2.32. The minimum atomic E-state index is -0.545. The van der Waals surface area contributed by atoms with Crippen LogP contribution in [-0.4, -0.2) is 9.13 Å². The van der Waals surface area contributed by atoms with E-state index in [1.54, 1.807) is 0 Å². The molecule has 0 fully saturated rings. The van der Waals surface area contributed by atoms with Crippen molar-refractivity contribution in [2.45, 2.75) is 57.8 Å². The summed E-state index contributed by atoms with van der Waals surface area (Å²) in [6.07, 6.45) is 0. The van der Waals surface area contributed by atoms with Crippen molar-refractivity contribution in [2.75, 3.05) is 0 Å². The monoisotopic (exact) mass is 836 g/mol. The third-order valence-corrected chi connectivity index (χ3v) is 14.3. The first kappa shape index (κ1) is 39.2. The second-order valence-corrected chi connectivity index (χ2v) is 20.1. The van der Waals surface area contributed by atoms with Gasteiger partial charge in [-0.15, -0.1) is 0 Å². The van der Waals surface area contributed by atoms with E-state index in [1.807, 2.05) is 0 Å². The number of hydrogen-bond acceptors (Lipinski definition) is 0. The maximum absolute atomic E-state index is 2.56. The summed E-state index contributed by atoms with van der Waals surface area (Å²) >= 11 is 0. The molecule has 0 bridgehead atoms. The Hall–Kier alpha value is -7.42. The molecule has 1 aliphatic carbocycles. The number of benzene rings is 9. The quantitative estimate of drug-likeness (QED) is 0.163. The Balaban J connectivity index is 1.14. The molecular formula is C63H52N2. The largest absolute Gasteiger partial charge is 0.309 e. The van der Waals surface area contributed by atoms with Gasteiger partial charge in [-0.3, -0.25) is 0 Å². The Kier molecular flexibility index (Phi) is 8.62. The highest BCUT2D eigenvalue weighted by Crippen LogP contribution is 2.61. The zero-order valence-electron chi connectivity index (χ0n) is 38.0. The standard InChI is InChI=1S/C63H52N2/c1-61(2,3)45-39-51-59-52(63(43-21-10-7-11-22-43,44-23-12-8-13-24-44)60(51)53(40-45)62(4,5)6)29-20-32-58(59)65-55-31-19-17-28-48(55)50-38-42(34-36-57(50)65)41-33-35-56-49(37-41)47-27-16-18-30-54(47)64(56)46-25-14-9-15-26-46/h7-40H,1-6H3. The number of fused-ring (bicyclic) bond motifs is 9. The Morgan fingerprint density at radius 3 is 1.43 bits per heavy atom. The van der Waals surface area contributed by atoms with Crippen LogP contribution in [0.4, 0.5) is 0 Å². The Bertz CT molecular complexity index is 3610. The van der Waals surface area contributed by atoms with Crippen molar-refractivity contribution in [3.05, 3.63) is 240 Å². The molecule has 0 amide bonds. The fourth-order valence-electron chi connectivity index (χ4n) is 11.3. The molecule has 2 heterocycles. The van der Waals surface area contributed by atoms with Gasteiger partial charge in [0, 0.05) is 32.8 Å². The highest BCUT2D eigenvalue weighted by Gasteiger charge is 2.50. The van der Waals surface area contributed by atoms with Gasteiger partial charge >= 0.3 is 0 Å². The molecule has 1 aliphatic rings. The van der Waals surface area contributed by atoms with Crippen LogP contribution in [0.1, 0.15) is 74.9 Å². The third-order valence-electron chi connectivity index (χ3n) is 14.3. The normalized spacial score (nSPS) is 13.5. The van der Waals surface area contributed by atoms with Crippen molar-refractivity contribution in [2.24, 2.45) is 0 Å². The van der Waals surface area contributed by atoms with Crippen LogP contribution in [0, 0.1) is 0 Å². The van der Waals surface area contributed by atoms with Crippen LogP contribution in [0.15, 0.2) is 206 Å². The molecule has 12 rings (SSSR count). The van der Waals surface area contributed by atoms with Crippen molar-refractivity contribution in [3.63, 3.8) is 0 Å². The topological polar surface area (TPSA) is 9.86 Å². The predicted octanol–water partition coefficient (Wildman–Crippen LogP) is 16.5. The van der Waals surface area contributed by atoms with Gasteiger partial charge in [0.05, 0.1) is 33.2 Å². The average Bonchev–Trinajstić information content (AvgIpc) is 3.95. The minimum Gasteiger partial charge on any atom is -0.309 e. The van der Waals surface area contributed by atoms with Gasteiger partial charge in [-0.25, -0.2) is 0 Å². The van der Waals surface area contributed by atoms with E-state index < -0.39 is 5.41 Å². The van der Waals surface area contributed by atoms with E-state index in [4.69, 9.17) is 0 Å². The molecule has 2 nitrogen and oxygen atoms in total. The number of para-hydroxylation sites is 3. The third kappa shape index (κ3) is 5.79. The van der Waals surface area contributed by atoms with Gasteiger partial charge in [0.15, 0.2) is 0 Å². The Morgan fingerprint density at radius 1 is 0.385 bits per heavy atom. The minimum absolute atomic E-state index is 0.0579. The number of nitrogens with zero attached hydrogens (tertiary/aromatic N) is 2. The molecule has 9 aromatic carbocycles. The van der Waals surface area contributed by atoms with Crippen molar-refractivity contribution in [1.82, 2.24) is 9.13 Å². The fraction of sp³-hybridized carbons (Fsp3) is 0.143. The van der Waals surface area contributed by atoms with E-state index in [0.29, 0.717) is 0 Å². The van der Waals surface area contributed by atoms with Gasteiger partial charge in [0.1, 0.15) is 0 Å². The summed E-state index contributed by atoms with van der Waals surface area (Å²) in [5.74, 6) is 0. The summed E-state index contributed by atoms with van der Waals surface area (Å²) < 4.78 is 4.95. The Morgan fingerprint density at radius 2 is 0.877 bits per heavy atom. The lowest BCUT2D eigenvalue weighted by Gasteiger charge is -2.38. The molecular weight excluding hydrogens is 785 g/mol. The number of hydrogen-bond donors (Lipinski definition) is 0. The smallest absolute Gasteiger partial charge is 0.0717 e. The lowest BCUT2D eigenvalue weighted by molar-refractivity contribution is 0.557. The molecule has 0 saturated heterocycles. The van der Waals surface area contributed by atoms with Crippen LogP contribution >= 0.6 is 0 Å². The van der Waals surface area contributed by atoms with E-state index in [-0.39, 0.29) is 10.8 Å². The average molecular weight is 837 g/mol. The summed E-state index contributed by atoms with van der Waals surface area (Å²) in [7, 11) is 0. The molecule has 0 saturated carbocycles. The van der Waals surface area contributed by atoms with Crippen LogP contribution in [0.3, 0.4) is 0 Å². The summed E-state index contributed by atoms with van der Waals surface area (Å²) in [4.78, 5) is 0. The van der Waals surface area contributed by atoms with Gasteiger partial charge in [0.25, 0.3) is 0 Å². The second-order valence-electron chi connectivity index (χ2n) is 20.1. The van der Waals surface area contributed by atoms with Gasteiger partial charge < -0.3 is 9.13 Å². The van der Waals surface area contributed by atoms with E-state index in [9.17, 15) is 0 Å². The molecule has 2 aromatic heterocycles. The van der Waals surface area contributed by atoms with Crippen LogP contribution in [0.2, 0.25) is 0 Å². The van der Waals surface area contributed by atoms with Crippen LogP contribution in [0.5, 0.6) is 0 Å². The predicted molar refractivity (Wildman–Crippen MR) is 275 cm³/mol. The van der Waals surface area contributed by atoms with Gasteiger partial charge in [0.2, 0.25) is 0 Å². The first-order valence-electron chi connectivity index (χ1n) is 23.1. The SMILES string of the molecule is CC(C)(C)c1cc2c(c(C(C)(C)C)c1)C(c1ccccc1)(c1ccccc1)c1cccc(-n3c4ccccc4c4cc(-c5ccc6c(c5)c5ccccc5n6-c5ccccc5)ccc43)c1-2. The van der Waals surface area contributed by atoms with Gasteiger partial charge in [-0.1, -0.05) is 193 Å². The zero-order chi connectivity index (χ0) is 44.2. The second kappa shape index (κ2) is 14.3. The molecule has 65 heavy (non-hydrogen) atoms. The van der Waals surface area contributed by atoms with Crippen molar-refractivity contribution in [1.29, 1.82) is 0 Å². The summed E-state index contributed by atoms with van der Waals surface area (Å²) in [5, 5.41) is 5.01. The maximum Gasteiger partial charge on any atom is 0.0717 e. The summed E-state index contributed by atoms with van der Waals surface area (Å²) in [6.45, 7) is 14.2. The summed E-state index contributed by atoms with van der Waals surface area (Å²) in [6, 6.07) is 77.3. The van der Waals surface area contributed by atoms with E-state index in [0.717, 1.165) is 0 Å². The molecule has 0 atom stereocenters. The molecule has 0 radical (unpaired) electrons. The molecule has 11 aromatic rings. The lowest BCUT2D eigenvalue weighted by atomic mass is 9.63. The first-order valence-corrected chi connectivity index (χ1v) is 23.1. The van der Waals surface area contributed by atoms with Crippen molar-refractivity contribution < 1.29 is 0 Å². The number of rotatable bonds is 5. The summed E-state index contributed by atoms with van der Waals surface area (Å²) in [5.41, 5.74) is 19.6. The molecule has 0 aliphatic heterocycles. The maximum atomic E-state index is 2.56. The first-order chi connectivity index (χ1) is 31.5. The van der Waals surface area contributed by atoms with Gasteiger partial charge in [-0.05, 0) is 115 Å². The fourth-order valence-corrected chi connectivity index (χ4v) is 11.3. The highest BCUT2D eigenvalue weighted by atomic mass is 15.0. The molecule has 314 valence electrons. The molecule has 0 N–H and O–H groups in total. The zero-order valence-corrected chi connectivity index (χ0v) is 38.0. The molecule has 0 unspecified atom stereocenters. The highest BCUT2D eigenvalue weighted by molar-refractivity contribution is 6.13. The Labute approximate surface area is 382 Å². The van der Waals surface area contributed by atoms with Crippen molar-refractivity contribution >= 4 is 43.6 Å². The van der Waals surface area contributed by atoms with Crippen LogP contribution < -0.4 is 0 Å². The number of aromatic nitrogens is 2. The van der Waals surface area contributed by atoms with E-state index in [2.05, 4.69) is 257 Å². The molecule has 0 spiro atoms. The van der Waals surface area contributed by atoms with E-state index in [1.165, 1.54) is 111 Å². The van der Waals surface area contributed by atoms with E-state index >= 15 is 0 Å². The molecule has 2 heteroatoms.